The third-order valence-electron chi connectivity index (χ3n) is 8.57. The number of thioether (sulfide) groups is 2. The zero-order valence-electron chi connectivity index (χ0n) is 26.1. The van der Waals surface area contributed by atoms with Gasteiger partial charge in [-0.2, -0.15) is 0 Å². The smallest absolute Gasteiger partial charge is 0.233 e. The highest BCUT2D eigenvalue weighted by Gasteiger charge is 2.26. The second-order valence-corrected chi connectivity index (χ2v) is 13.5. The predicted molar refractivity (Wildman–Crippen MR) is 180 cm³/mol. The second-order valence-electron chi connectivity index (χ2n) is 11.6. The van der Waals surface area contributed by atoms with Gasteiger partial charge >= 0.3 is 0 Å². The molecule has 2 aliphatic rings. The Morgan fingerprint density at radius 2 is 1.43 bits per heavy atom. The fourth-order valence-corrected chi connectivity index (χ4v) is 7.72. The number of carbonyl (C=O) groups is 2. The summed E-state index contributed by atoms with van der Waals surface area (Å²) in [5.41, 5.74) is 3.11. The van der Waals surface area contributed by atoms with E-state index in [-0.39, 0.29) is 17.7 Å². The van der Waals surface area contributed by atoms with Crippen LogP contribution in [0.4, 0.5) is 0 Å². The summed E-state index contributed by atoms with van der Waals surface area (Å²) < 4.78 is 3.94. The maximum atomic E-state index is 13.3. The molecule has 2 saturated heterocycles. The summed E-state index contributed by atoms with van der Waals surface area (Å²) in [6.45, 7) is 7.59. The monoisotopic (exact) mass is 657 g/mol. The van der Waals surface area contributed by atoms with Crippen molar-refractivity contribution in [2.45, 2.75) is 54.9 Å². The molecular weight excluding hydrogens is 619 g/mol. The number of hydrogen-bond donors (Lipinski definition) is 0. The van der Waals surface area contributed by atoms with Crippen molar-refractivity contribution < 1.29 is 9.59 Å². The number of rotatable bonds is 11. The van der Waals surface area contributed by atoms with Gasteiger partial charge in [-0.05, 0) is 49.8 Å². The molecule has 2 amide bonds. The van der Waals surface area contributed by atoms with Gasteiger partial charge in [0.2, 0.25) is 11.8 Å². The quantitative estimate of drug-likeness (QED) is 0.164. The summed E-state index contributed by atoms with van der Waals surface area (Å²) in [7, 11) is 1.94. The first-order valence-electron chi connectivity index (χ1n) is 15.8. The molecule has 13 heteroatoms. The van der Waals surface area contributed by atoms with Gasteiger partial charge in [0.15, 0.2) is 22.0 Å². The van der Waals surface area contributed by atoms with Crippen LogP contribution in [0, 0.1) is 0 Å². The van der Waals surface area contributed by atoms with Crippen LogP contribution in [0.5, 0.6) is 0 Å². The van der Waals surface area contributed by atoms with Crippen molar-refractivity contribution in [2.75, 3.05) is 37.7 Å². The van der Waals surface area contributed by atoms with Gasteiger partial charge in [0.1, 0.15) is 0 Å². The number of amides is 2. The maximum absolute atomic E-state index is 13.3. The van der Waals surface area contributed by atoms with Crippen LogP contribution < -0.4 is 0 Å². The topological polar surface area (TPSA) is 115 Å². The van der Waals surface area contributed by atoms with E-state index in [1.54, 1.807) is 12.4 Å². The standard InChI is InChI=1S/C33H39N9O2S2/c1-3-17-42-31(26-13-15-34-16-14-26)36-38-33(42)46-23-29(44)41-20-7-8-27(21-41)24-9-11-25(12-10-24)30-35-37-32(39(30)2)45-22-28(43)40-18-5-4-6-19-40/h3,9-16,27H,1,4-8,17-23H2,2H3. The molecule has 0 bridgehead atoms. The van der Waals surface area contributed by atoms with Crippen molar-refractivity contribution >= 4 is 35.3 Å². The Balaban J connectivity index is 1.04. The predicted octanol–water partition coefficient (Wildman–Crippen LogP) is 4.92. The molecule has 1 unspecified atom stereocenters. The first kappa shape index (κ1) is 32.0. The molecule has 46 heavy (non-hydrogen) atoms. The van der Waals surface area contributed by atoms with E-state index in [9.17, 15) is 9.59 Å². The van der Waals surface area contributed by atoms with Crippen molar-refractivity contribution in [1.82, 2.24) is 44.3 Å². The molecule has 240 valence electrons. The number of pyridine rings is 1. The molecule has 2 aliphatic heterocycles. The van der Waals surface area contributed by atoms with Crippen molar-refractivity contribution in [2.24, 2.45) is 7.05 Å². The van der Waals surface area contributed by atoms with E-state index in [0.29, 0.717) is 29.8 Å². The first-order valence-corrected chi connectivity index (χ1v) is 17.7. The Labute approximate surface area is 277 Å². The van der Waals surface area contributed by atoms with E-state index in [1.165, 1.54) is 35.5 Å². The van der Waals surface area contributed by atoms with Gasteiger partial charge in [-0.25, -0.2) is 0 Å². The number of aromatic nitrogens is 7. The fourth-order valence-electron chi connectivity index (χ4n) is 6.05. The normalized spacial score (nSPS) is 16.8. The van der Waals surface area contributed by atoms with Crippen LogP contribution in [0.2, 0.25) is 0 Å². The van der Waals surface area contributed by atoms with Gasteiger partial charge in [0, 0.05) is 69.2 Å². The Hall–Kier alpha value is -3.97. The molecule has 0 radical (unpaired) electrons. The molecule has 0 saturated carbocycles. The molecule has 1 aromatic carbocycles. The number of likely N-dealkylation sites (tertiary alicyclic amines) is 2. The highest BCUT2D eigenvalue weighted by Crippen LogP contribution is 2.31. The number of piperidine rings is 2. The summed E-state index contributed by atoms with van der Waals surface area (Å²) in [4.78, 5) is 34.0. The van der Waals surface area contributed by atoms with E-state index in [0.717, 1.165) is 73.2 Å². The molecular formula is C33H39N9O2S2. The summed E-state index contributed by atoms with van der Waals surface area (Å²) in [5, 5.41) is 19.0. The van der Waals surface area contributed by atoms with Gasteiger partial charge in [0.25, 0.3) is 0 Å². The van der Waals surface area contributed by atoms with Crippen LogP contribution in [0.15, 0.2) is 71.8 Å². The average molecular weight is 658 g/mol. The van der Waals surface area contributed by atoms with Gasteiger partial charge < -0.3 is 14.4 Å². The van der Waals surface area contributed by atoms with Crippen molar-refractivity contribution in [3.8, 4) is 22.8 Å². The van der Waals surface area contributed by atoms with Crippen molar-refractivity contribution in [1.29, 1.82) is 0 Å². The fraction of sp³-hybridized carbons (Fsp3) is 0.424. The lowest BCUT2D eigenvalue weighted by Crippen LogP contribution is -2.40. The molecule has 5 heterocycles. The third kappa shape index (κ3) is 7.36. The van der Waals surface area contributed by atoms with E-state index in [4.69, 9.17) is 0 Å². The average Bonchev–Trinajstić information content (AvgIpc) is 3.69. The summed E-state index contributed by atoms with van der Waals surface area (Å²) >= 11 is 2.86. The molecule has 2 fully saturated rings. The highest BCUT2D eigenvalue weighted by atomic mass is 32.2. The van der Waals surface area contributed by atoms with Crippen LogP contribution >= 0.6 is 23.5 Å². The molecule has 3 aromatic heterocycles. The molecule has 0 spiro atoms. The van der Waals surface area contributed by atoms with Crippen LogP contribution in [0.1, 0.15) is 43.6 Å². The zero-order valence-corrected chi connectivity index (χ0v) is 27.8. The second kappa shape index (κ2) is 15.1. The van der Waals surface area contributed by atoms with Gasteiger partial charge in [-0.1, -0.05) is 53.9 Å². The maximum Gasteiger partial charge on any atom is 0.233 e. The number of allylic oxidation sites excluding steroid dienone is 1. The minimum Gasteiger partial charge on any atom is -0.342 e. The largest absolute Gasteiger partial charge is 0.342 e. The number of carbonyl (C=O) groups excluding carboxylic acids is 2. The molecule has 11 nitrogen and oxygen atoms in total. The van der Waals surface area contributed by atoms with Gasteiger partial charge in [0.05, 0.1) is 11.5 Å². The SMILES string of the molecule is C=CCn1c(SCC(=O)N2CCCC(c3ccc(-c4nnc(SCC(=O)N5CCCCC5)n4C)cc3)C2)nnc1-c1ccncc1. The van der Waals surface area contributed by atoms with E-state index in [1.807, 2.05) is 44.2 Å². The number of nitrogens with zero attached hydrogens (tertiary/aromatic N) is 9. The Morgan fingerprint density at radius 3 is 2.17 bits per heavy atom. The van der Waals surface area contributed by atoms with Gasteiger partial charge in [-0.15, -0.1) is 27.0 Å². The summed E-state index contributed by atoms with van der Waals surface area (Å²) in [6.07, 6.45) is 10.6. The lowest BCUT2D eigenvalue weighted by Gasteiger charge is -2.33. The minimum atomic E-state index is 0.104. The van der Waals surface area contributed by atoms with E-state index in [2.05, 4.69) is 56.2 Å². The summed E-state index contributed by atoms with van der Waals surface area (Å²) in [5.74, 6) is 2.73. The lowest BCUT2D eigenvalue weighted by molar-refractivity contribution is -0.130. The number of benzene rings is 1. The van der Waals surface area contributed by atoms with Crippen LogP contribution in [-0.2, 0) is 23.2 Å². The highest BCUT2D eigenvalue weighted by molar-refractivity contribution is 8.00. The van der Waals surface area contributed by atoms with E-state index >= 15 is 0 Å². The first-order chi connectivity index (χ1) is 22.5. The van der Waals surface area contributed by atoms with Crippen molar-refractivity contribution in [3.05, 3.63) is 67.0 Å². The third-order valence-corrected chi connectivity index (χ3v) is 10.5. The molecule has 6 rings (SSSR count). The summed E-state index contributed by atoms with van der Waals surface area (Å²) in [6, 6.07) is 12.2. The molecule has 1 atom stereocenters. The Morgan fingerprint density at radius 1 is 0.804 bits per heavy atom. The van der Waals surface area contributed by atoms with Crippen LogP contribution in [0.3, 0.4) is 0 Å². The molecule has 0 N–H and O–H groups in total. The Kier molecular flexibility index (Phi) is 10.5. The number of hydrogen-bond acceptors (Lipinski definition) is 9. The zero-order chi connectivity index (χ0) is 31.9. The lowest BCUT2D eigenvalue weighted by atomic mass is 9.90. The van der Waals surface area contributed by atoms with Crippen LogP contribution in [-0.4, -0.2) is 93.8 Å². The van der Waals surface area contributed by atoms with Crippen LogP contribution in [0.25, 0.3) is 22.8 Å². The van der Waals surface area contributed by atoms with Crippen molar-refractivity contribution in [3.63, 3.8) is 0 Å². The minimum absolute atomic E-state index is 0.104. The van der Waals surface area contributed by atoms with E-state index < -0.39 is 0 Å². The Bertz CT molecular complexity index is 1650. The molecule has 0 aliphatic carbocycles. The molecule has 4 aromatic rings. The van der Waals surface area contributed by atoms with Gasteiger partial charge in [-0.3, -0.25) is 19.1 Å².